The predicted octanol–water partition coefficient (Wildman–Crippen LogP) is 4.94. The van der Waals surface area contributed by atoms with Crippen LogP contribution >= 0.6 is 0 Å². The van der Waals surface area contributed by atoms with Crippen molar-refractivity contribution >= 4 is 0 Å². The van der Waals surface area contributed by atoms with Gasteiger partial charge in [0.15, 0.2) is 0 Å². The zero-order valence-corrected chi connectivity index (χ0v) is 9.68. The third kappa shape index (κ3) is 4.22. The minimum Gasteiger partial charge on any atom is -0.171 e. The van der Waals surface area contributed by atoms with Gasteiger partial charge in [0, 0.05) is 0 Å². The van der Waals surface area contributed by atoms with Gasteiger partial charge in [-0.3, -0.25) is 0 Å². The van der Waals surface area contributed by atoms with Crippen LogP contribution in [0, 0.1) is 10.8 Å². The Kier molecular flexibility index (Phi) is 4.00. The molecule has 1 rings (SSSR count). The van der Waals surface area contributed by atoms with Crippen LogP contribution in [0.5, 0.6) is 0 Å². The molecule has 98 valence electrons. The first-order valence-electron chi connectivity index (χ1n) is 4.84. The van der Waals surface area contributed by atoms with Crippen LogP contribution in [-0.2, 0) is 0 Å². The van der Waals surface area contributed by atoms with E-state index in [1.54, 1.807) is 0 Å². The minimum atomic E-state index is -4.06. The molecule has 0 radical (unpaired) electrons. The van der Waals surface area contributed by atoms with Crippen LogP contribution in [0.4, 0.5) is 26.3 Å². The number of halogens is 6. The van der Waals surface area contributed by atoms with Crippen molar-refractivity contribution < 1.29 is 26.3 Å². The Hall–Kier alpha value is -0.420. The summed E-state index contributed by atoms with van der Waals surface area (Å²) in [6.07, 6.45) is -7.38. The van der Waals surface area contributed by atoms with Gasteiger partial charge in [-0.15, -0.1) is 0 Å². The van der Waals surface area contributed by atoms with Crippen molar-refractivity contribution in [3.8, 4) is 0 Å². The van der Waals surface area contributed by atoms with Crippen LogP contribution in [0.1, 0.15) is 40.5 Å². The highest BCUT2D eigenvalue weighted by atomic mass is 19.4. The maximum Gasteiger partial charge on any atom is 0.394 e. The Labute approximate surface area is 91.0 Å². The summed E-state index contributed by atoms with van der Waals surface area (Å²) in [7, 11) is 0. The molecule has 0 nitrogen and oxygen atoms in total. The highest BCUT2D eigenvalue weighted by Gasteiger charge is 2.59. The third-order valence-electron chi connectivity index (χ3n) is 2.53. The van der Waals surface area contributed by atoms with Crippen molar-refractivity contribution in [1.29, 1.82) is 0 Å². The summed E-state index contributed by atoms with van der Waals surface area (Å²) in [5.74, 6) is 0. The number of alkyl halides is 6. The molecule has 0 N–H and O–H groups in total. The van der Waals surface area contributed by atoms with E-state index in [9.17, 15) is 26.3 Å². The van der Waals surface area contributed by atoms with E-state index >= 15 is 0 Å². The smallest absolute Gasteiger partial charge is 0.171 e. The summed E-state index contributed by atoms with van der Waals surface area (Å²) in [4.78, 5) is 0. The summed E-state index contributed by atoms with van der Waals surface area (Å²) < 4.78 is 69.6. The Morgan fingerprint density at radius 2 is 1.06 bits per heavy atom. The molecule has 0 unspecified atom stereocenters. The summed E-state index contributed by atoms with van der Waals surface area (Å²) in [6, 6.07) is 0. The van der Waals surface area contributed by atoms with E-state index < -0.39 is 23.2 Å². The molecular weight excluding hydrogens is 234 g/mol. The van der Waals surface area contributed by atoms with Crippen LogP contribution in [-0.4, -0.2) is 12.4 Å². The predicted molar refractivity (Wildman–Crippen MR) is 48.9 cm³/mol. The highest BCUT2D eigenvalue weighted by Crippen LogP contribution is 2.56. The van der Waals surface area contributed by atoms with E-state index in [2.05, 4.69) is 0 Å². The Morgan fingerprint density at radius 1 is 0.812 bits per heavy atom. The Morgan fingerprint density at radius 3 is 1.06 bits per heavy atom. The van der Waals surface area contributed by atoms with Gasteiger partial charge in [-0.2, -0.15) is 26.3 Å². The lowest BCUT2D eigenvalue weighted by molar-refractivity contribution is -0.204. The summed E-state index contributed by atoms with van der Waals surface area (Å²) in [6.45, 7) is 4.69. The van der Waals surface area contributed by atoms with E-state index in [1.807, 2.05) is 0 Å². The van der Waals surface area contributed by atoms with Crippen molar-refractivity contribution in [3.05, 3.63) is 0 Å². The van der Waals surface area contributed by atoms with Crippen LogP contribution in [0.2, 0.25) is 0 Å². The molecule has 0 aliphatic heterocycles. The number of rotatable bonds is 0. The first kappa shape index (κ1) is 15.6. The lowest BCUT2D eigenvalue weighted by atomic mass is 9.96. The van der Waals surface area contributed by atoms with Crippen LogP contribution in [0.25, 0.3) is 0 Å². The second-order valence-corrected chi connectivity index (χ2v) is 5.31. The van der Waals surface area contributed by atoms with Gasteiger partial charge in [0.25, 0.3) is 0 Å². The molecule has 0 aromatic rings. The lowest BCUT2D eigenvalue weighted by Crippen LogP contribution is -2.28. The van der Waals surface area contributed by atoms with E-state index in [4.69, 9.17) is 0 Å². The molecular formula is C10H16F6. The maximum atomic E-state index is 11.6. The molecule has 0 saturated heterocycles. The first-order valence-corrected chi connectivity index (χ1v) is 4.84. The monoisotopic (exact) mass is 250 g/mol. The fourth-order valence-corrected chi connectivity index (χ4v) is 0.471. The van der Waals surface area contributed by atoms with Gasteiger partial charge in [0.05, 0.1) is 10.8 Å². The quantitative estimate of drug-likeness (QED) is 0.534. The largest absolute Gasteiger partial charge is 0.394 e. The summed E-state index contributed by atoms with van der Waals surface area (Å²) in [5, 5.41) is 0. The molecule has 0 aromatic carbocycles. The van der Waals surface area contributed by atoms with Gasteiger partial charge in [-0.1, -0.05) is 27.7 Å². The standard InChI is InChI=1S/C5H7F3.C5H9F3/c1-4(2-3-4)5(6,7)8;1-4(2,3)5(6,7)8/h2-3H2,1H3;1-3H3. The zero-order chi connectivity index (χ0) is 13.4. The summed E-state index contributed by atoms with van der Waals surface area (Å²) in [5.41, 5.74) is -2.88. The molecule has 0 spiro atoms. The van der Waals surface area contributed by atoms with Gasteiger partial charge in [0.1, 0.15) is 0 Å². The van der Waals surface area contributed by atoms with Gasteiger partial charge in [-0.05, 0) is 12.8 Å². The average Bonchev–Trinajstić information content (AvgIpc) is 2.63. The van der Waals surface area contributed by atoms with Gasteiger partial charge in [-0.25, -0.2) is 0 Å². The molecule has 1 saturated carbocycles. The molecule has 16 heavy (non-hydrogen) atoms. The van der Waals surface area contributed by atoms with Gasteiger partial charge in [0.2, 0.25) is 0 Å². The summed E-state index contributed by atoms with van der Waals surface area (Å²) >= 11 is 0. The number of hydrogen-bond acceptors (Lipinski definition) is 0. The molecule has 1 fully saturated rings. The molecule has 0 bridgehead atoms. The molecule has 0 atom stereocenters. The molecule has 0 heterocycles. The fourth-order valence-electron chi connectivity index (χ4n) is 0.471. The highest BCUT2D eigenvalue weighted by molar-refractivity contribution is 4.94. The SMILES string of the molecule is CC(C)(C)C(F)(F)F.CC1(C(F)(F)F)CC1. The van der Waals surface area contributed by atoms with E-state index in [0.717, 1.165) is 20.8 Å². The van der Waals surface area contributed by atoms with Crippen molar-refractivity contribution in [2.75, 3.05) is 0 Å². The number of hydrogen-bond donors (Lipinski definition) is 0. The van der Waals surface area contributed by atoms with Crippen molar-refractivity contribution in [2.45, 2.75) is 52.9 Å². The fraction of sp³-hybridized carbons (Fsp3) is 1.00. The molecule has 0 amide bonds. The van der Waals surface area contributed by atoms with E-state index in [-0.39, 0.29) is 0 Å². The minimum absolute atomic E-state index is 0.316. The Bertz CT molecular complexity index is 192. The van der Waals surface area contributed by atoms with Gasteiger partial charge < -0.3 is 0 Å². The second kappa shape index (κ2) is 4.11. The molecule has 6 heteroatoms. The van der Waals surface area contributed by atoms with E-state index in [1.165, 1.54) is 6.92 Å². The van der Waals surface area contributed by atoms with Crippen molar-refractivity contribution in [3.63, 3.8) is 0 Å². The van der Waals surface area contributed by atoms with Crippen LogP contribution in [0.3, 0.4) is 0 Å². The van der Waals surface area contributed by atoms with Crippen LogP contribution in [0.15, 0.2) is 0 Å². The zero-order valence-electron chi connectivity index (χ0n) is 9.68. The molecule has 1 aliphatic carbocycles. The maximum absolute atomic E-state index is 11.6. The third-order valence-corrected chi connectivity index (χ3v) is 2.53. The van der Waals surface area contributed by atoms with Crippen LogP contribution < -0.4 is 0 Å². The van der Waals surface area contributed by atoms with Gasteiger partial charge >= 0.3 is 12.4 Å². The normalized spacial score (nSPS) is 19.9. The van der Waals surface area contributed by atoms with E-state index in [0.29, 0.717) is 12.8 Å². The second-order valence-electron chi connectivity index (χ2n) is 5.31. The molecule has 1 aliphatic rings. The van der Waals surface area contributed by atoms with Crippen molar-refractivity contribution in [1.82, 2.24) is 0 Å². The average molecular weight is 250 g/mol. The lowest BCUT2D eigenvalue weighted by Gasteiger charge is -2.21. The first-order chi connectivity index (χ1) is 6.71. The molecule has 0 aromatic heterocycles. The van der Waals surface area contributed by atoms with Crippen molar-refractivity contribution in [2.24, 2.45) is 10.8 Å². The topological polar surface area (TPSA) is 0 Å². The Balaban J connectivity index is 0.000000281.